The Labute approximate surface area is 125 Å². The third-order valence-corrected chi connectivity index (χ3v) is 4.92. The summed E-state index contributed by atoms with van der Waals surface area (Å²) in [6.45, 7) is 0. The molecule has 1 aliphatic carbocycles. The van der Waals surface area contributed by atoms with Crippen LogP contribution in [0.4, 0.5) is 4.39 Å². The molecule has 2 aromatic rings. The fourth-order valence-corrected chi connectivity index (χ4v) is 3.90. The highest BCUT2D eigenvalue weighted by molar-refractivity contribution is 9.10. The maximum atomic E-state index is 13.3. The van der Waals surface area contributed by atoms with Gasteiger partial charge in [-0.05, 0) is 66.3 Å². The number of hydrogen-bond donors (Lipinski definition) is 0. The maximum absolute atomic E-state index is 13.3. The van der Waals surface area contributed by atoms with Crippen molar-refractivity contribution in [3.8, 4) is 0 Å². The zero-order valence-electron chi connectivity index (χ0n) is 10.5. The van der Waals surface area contributed by atoms with E-state index in [0.29, 0.717) is 0 Å². The topological polar surface area (TPSA) is 0 Å². The Morgan fingerprint density at radius 2 is 1.89 bits per heavy atom. The van der Waals surface area contributed by atoms with Crippen molar-refractivity contribution >= 4 is 27.7 Å². The van der Waals surface area contributed by atoms with Crippen molar-refractivity contribution in [1.29, 1.82) is 0 Å². The molecule has 0 nitrogen and oxygen atoms in total. The van der Waals surface area contributed by atoms with Gasteiger partial charge in [0.05, 0.1) is 0 Å². The largest absolute Gasteiger partial charge is 0.207 e. The highest BCUT2D eigenvalue weighted by atomic mass is 79.9. The van der Waals surface area contributed by atoms with Crippen LogP contribution in [-0.4, -0.2) is 0 Å². The Morgan fingerprint density at radius 3 is 2.74 bits per heavy atom. The summed E-state index contributed by atoms with van der Waals surface area (Å²) in [5, 5.41) is 0. The first-order chi connectivity index (χ1) is 9.20. The molecular weight excluding hydrogens is 323 g/mol. The van der Waals surface area contributed by atoms with Crippen molar-refractivity contribution < 1.29 is 4.39 Å². The number of halogens is 2. The van der Waals surface area contributed by atoms with Crippen LogP contribution >= 0.6 is 27.7 Å². The zero-order chi connectivity index (χ0) is 13.2. The van der Waals surface area contributed by atoms with Crippen LogP contribution in [0.5, 0.6) is 0 Å². The van der Waals surface area contributed by atoms with Gasteiger partial charge in [0.2, 0.25) is 0 Å². The Kier molecular flexibility index (Phi) is 3.94. The monoisotopic (exact) mass is 336 g/mol. The van der Waals surface area contributed by atoms with Gasteiger partial charge in [0.1, 0.15) is 5.82 Å². The average Bonchev–Trinajstić information content (AvgIpc) is 2.82. The van der Waals surface area contributed by atoms with E-state index in [1.54, 1.807) is 17.8 Å². The lowest BCUT2D eigenvalue weighted by atomic mass is 10.1. The highest BCUT2D eigenvalue weighted by Gasteiger charge is 2.11. The van der Waals surface area contributed by atoms with E-state index in [1.807, 2.05) is 6.07 Å². The minimum Gasteiger partial charge on any atom is -0.207 e. The molecule has 0 heterocycles. The van der Waals surface area contributed by atoms with E-state index in [2.05, 4.69) is 34.1 Å². The van der Waals surface area contributed by atoms with E-state index in [0.717, 1.165) is 15.8 Å². The predicted octanol–water partition coefficient (Wildman–Crippen LogP) is 5.37. The summed E-state index contributed by atoms with van der Waals surface area (Å²) in [7, 11) is 0. The fraction of sp³-hybridized carbons (Fsp3) is 0.250. The maximum Gasteiger partial charge on any atom is 0.124 e. The molecule has 0 amide bonds. The molecule has 0 radical (unpaired) electrons. The molecule has 0 saturated carbocycles. The summed E-state index contributed by atoms with van der Waals surface area (Å²) < 4.78 is 14.1. The van der Waals surface area contributed by atoms with Gasteiger partial charge in [-0.1, -0.05) is 22.0 Å². The van der Waals surface area contributed by atoms with Crippen molar-refractivity contribution in [3.63, 3.8) is 0 Å². The number of thioether (sulfide) groups is 1. The van der Waals surface area contributed by atoms with Gasteiger partial charge in [-0.3, -0.25) is 0 Å². The molecule has 0 N–H and O–H groups in total. The molecule has 0 atom stereocenters. The van der Waals surface area contributed by atoms with E-state index < -0.39 is 0 Å². The minimum atomic E-state index is -0.182. The summed E-state index contributed by atoms with van der Waals surface area (Å²) >= 11 is 5.10. The minimum absolute atomic E-state index is 0.182. The third-order valence-electron chi connectivity index (χ3n) is 3.40. The molecule has 0 spiro atoms. The van der Waals surface area contributed by atoms with Gasteiger partial charge in [0.25, 0.3) is 0 Å². The Morgan fingerprint density at radius 1 is 1.05 bits per heavy atom. The Bertz CT molecular complexity index is 589. The van der Waals surface area contributed by atoms with Crippen LogP contribution in [-0.2, 0) is 18.6 Å². The molecule has 0 fully saturated rings. The van der Waals surface area contributed by atoms with E-state index in [1.165, 1.54) is 41.4 Å². The number of hydrogen-bond acceptors (Lipinski definition) is 1. The summed E-state index contributed by atoms with van der Waals surface area (Å²) in [6, 6.07) is 11.8. The molecule has 3 heteroatoms. The number of fused-ring (bicyclic) bond motifs is 1. The molecule has 0 bridgehead atoms. The first-order valence-electron chi connectivity index (χ1n) is 6.40. The number of aryl methyl sites for hydroxylation is 2. The standard InChI is InChI=1S/C16H14BrFS/c17-14-6-11(7-15(18)9-14)10-19-16-5-4-12-2-1-3-13(12)8-16/h4-9H,1-3,10H2. The second kappa shape index (κ2) is 5.68. The van der Waals surface area contributed by atoms with E-state index in [9.17, 15) is 4.39 Å². The molecule has 3 rings (SSSR count). The lowest BCUT2D eigenvalue weighted by Crippen LogP contribution is -1.86. The Hall–Kier alpha value is -0.800. The van der Waals surface area contributed by atoms with Gasteiger partial charge in [-0.25, -0.2) is 4.39 Å². The molecular formula is C16H14BrFS. The van der Waals surface area contributed by atoms with Crippen molar-refractivity contribution in [3.05, 3.63) is 63.4 Å². The SMILES string of the molecule is Fc1cc(Br)cc(CSc2ccc3c(c2)CCC3)c1. The summed E-state index contributed by atoms with van der Waals surface area (Å²) in [5.41, 5.74) is 4.00. The van der Waals surface area contributed by atoms with Crippen LogP contribution < -0.4 is 0 Å². The van der Waals surface area contributed by atoms with Gasteiger partial charge >= 0.3 is 0 Å². The second-order valence-corrected chi connectivity index (χ2v) is 6.81. The highest BCUT2D eigenvalue weighted by Crippen LogP contribution is 2.30. The fourth-order valence-electron chi connectivity index (χ4n) is 2.50. The average molecular weight is 337 g/mol. The first-order valence-corrected chi connectivity index (χ1v) is 8.18. The van der Waals surface area contributed by atoms with E-state index in [-0.39, 0.29) is 5.82 Å². The molecule has 0 saturated heterocycles. The van der Waals surface area contributed by atoms with Gasteiger partial charge in [-0.15, -0.1) is 11.8 Å². The van der Waals surface area contributed by atoms with Gasteiger partial charge in [-0.2, -0.15) is 0 Å². The van der Waals surface area contributed by atoms with Crippen LogP contribution in [0.3, 0.4) is 0 Å². The van der Waals surface area contributed by atoms with Crippen LogP contribution in [0.25, 0.3) is 0 Å². The predicted molar refractivity (Wildman–Crippen MR) is 82.1 cm³/mol. The van der Waals surface area contributed by atoms with Gasteiger partial charge in [0, 0.05) is 15.1 Å². The Balaban J connectivity index is 1.72. The quantitative estimate of drug-likeness (QED) is 0.679. The van der Waals surface area contributed by atoms with Gasteiger partial charge in [0.15, 0.2) is 0 Å². The second-order valence-electron chi connectivity index (χ2n) is 4.85. The zero-order valence-corrected chi connectivity index (χ0v) is 12.9. The summed E-state index contributed by atoms with van der Waals surface area (Å²) in [6.07, 6.45) is 3.70. The van der Waals surface area contributed by atoms with Crippen molar-refractivity contribution in [2.24, 2.45) is 0 Å². The van der Waals surface area contributed by atoms with Crippen LogP contribution in [0.1, 0.15) is 23.1 Å². The lowest BCUT2D eigenvalue weighted by molar-refractivity contribution is 0.625. The van der Waals surface area contributed by atoms with Crippen molar-refractivity contribution in [2.75, 3.05) is 0 Å². The normalized spacial score (nSPS) is 13.6. The molecule has 0 aromatic heterocycles. The molecule has 98 valence electrons. The smallest absolute Gasteiger partial charge is 0.124 e. The molecule has 0 aliphatic heterocycles. The molecule has 0 unspecified atom stereocenters. The molecule has 1 aliphatic rings. The first kappa shape index (κ1) is 13.2. The number of benzene rings is 2. The van der Waals surface area contributed by atoms with Gasteiger partial charge < -0.3 is 0 Å². The van der Waals surface area contributed by atoms with Crippen LogP contribution in [0.2, 0.25) is 0 Å². The van der Waals surface area contributed by atoms with Crippen LogP contribution in [0, 0.1) is 5.82 Å². The van der Waals surface area contributed by atoms with Crippen LogP contribution in [0.15, 0.2) is 45.8 Å². The van der Waals surface area contributed by atoms with Crippen molar-refractivity contribution in [2.45, 2.75) is 29.9 Å². The van der Waals surface area contributed by atoms with Crippen molar-refractivity contribution in [1.82, 2.24) is 0 Å². The molecule has 2 aromatic carbocycles. The summed E-state index contributed by atoms with van der Waals surface area (Å²) in [5.74, 6) is 0.619. The summed E-state index contributed by atoms with van der Waals surface area (Å²) in [4.78, 5) is 1.28. The number of rotatable bonds is 3. The van der Waals surface area contributed by atoms with E-state index in [4.69, 9.17) is 0 Å². The lowest BCUT2D eigenvalue weighted by Gasteiger charge is -2.06. The van der Waals surface area contributed by atoms with E-state index >= 15 is 0 Å². The third kappa shape index (κ3) is 3.21. The molecule has 19 heavy (non-hydrogen) atoms.